The molecule has 7 nitrogen and oxygen atoms in total. The van der Waals surface area contributed by atoms with Crippen molar-refractivity contribution < 1.29 is 9.53 Å². The molecule has 3 aromatic rings. The van der Waals surface area contributed by atoms with Crippen LogP contribution >= 0.6 is 23.4 Å². The van der Waals surface area contributed by atoms with Crippen molar-refractivity contribution in [1.82, 2.24) is 15.3 Å². The number of anilines is 2. The summed E-state index contributed by atoms with van der Waals surface area (Å²) in [6, 6.07) is 19.7. The summed E-state index contributed by atoms with van der Waals surface area (Å²) in [7, 11) is 1.67. The lowest BCUT2D eigenvalue weighted by atomic mass is 10.1. The van der Waals surface area contributed by atoms with Crippen molar-refractivity contribution in [3.05, 3.63) is 71.4 Å². The summed E-state index contributed by atoms with van der Waals surface area (Å²) in [5, 5.41) is 3.89. The summed E-state index contributed by atoms with van der Waals surface area (Å²) in [5.41, 5.74) is 2.24. The number of ether oxygens (including phenoxy) is 1. The van der Waals surface area contributed by atoms with Crippen LogP contribution in [0.2, 0.25) is 5.15 Å². The van der Waals surface area contributed by atoms with E-state index >= 15 is 0 Å². The van der Waals surface area contributed by atoms with Crippen LogP contribution in [-0.2, 0) is 4.79 Å². The second-order valence-corrected chi connectivity index (χ2v) is 9.32. The van der Waals surface area contributed by atoms with Gasteiger partial charge in [-0.3, -0.25) is 4.79 Å². The molecular formula is C25H28ClN5O2S. The number of nitrogens with one attached hydrogen (secondary N) is 1. The Kier molecular flexibility index (Phi) is 8.13. The summed E-state index contributed by atoms with van der Waals surface area (Å²) in [5.74, 6) is 1.79. The van der Waals surface area contributed by atoms with Crippen LogP contribution < -0.4 is 19.9 Å². The minimum atomic E-state index is -0.0698. The van der Waals surface area contributed by atoms with Gasteiger partial charge >= 0.3 is 0 Å². The van der Waals surface area contributed by atoms with E-state index in [2.05, 4.69) is 37.2 Å². The van der Waals surface area contributed by atoms with Crippen LogP contribution in [0.4, 0.5) is 11.5 Å². The maximum absolute atomic E-state index is 12.4. The maximum Gasteiger partial charge on any atom is 0.230 e. The highest BCUT2D eigenvalue weighted by molar-refractivity contribution is 7.99. The van der Waals surface area contributed by atoms with E-state index in [1.807, 2.05) is 49.4 Å². The fourth-order valence-electron chi connectivity index (χ4n) is 3.84. The van der Waals surface area contributed by atoms with Crippen LogP contribution in [0.25, 0.3) is 0 Å². The summed E-state index contributed by atoms with van der Waals surface area (Å²) < 4.78 is 5.25. The fraction of sp³-hybridized carbons (Fsp3) is 0.320. The maximum atomic E-state index is 12.4. The molecule has 1 aliphatic heterocycles. The van der Waals surface area contributed by atoms with Crippen LogP contribution in [0.15, 0.2) is 65.8 Å². The van der Waals surface area contributed by atoms with Crippen LogP contribution in [0.5, 0.6) is 5.75 Å². The number of benzene rings is 2. The Morgan fingerprint density at radius 2 is 1.74 bits per heavy atom. The van der Waals surface area contributed by atoms with Crippen molar-refractivity contribution in [2.45, 2.75) is 18.1 Å². The number of carbonyl (C=O) groups is 1. The molecule has 178 valence electrons. The Labute approximate surface area is 209 Å². The predicted molar refractivity (Wildman–Crippen MR) is 138 cm³/mol. The van der Waals surface area contributed by atoms with E-state index in [4.69, 9.17) is 16.3 Å². The van der Waals surface area contributed by atoms with Crippen molar-refractivity contribution >= 4 is 40.8 Å². The Hall–Kier alpha value is -2.97. The van der Waals surface area contributed by atoms with E-state index in [0.717, 1.165) is 43.3 Å². The van der Waals surface area contributed by atoms with Crippen molar-refractivity contribution in [3.8, 4) is 5.75 Å². The molecule has 1 saturated heterocycles. The average molecular weight is 498 g/mol. The highest BCUT2D eigenvalue weighted by Crippen LogP contribution is 2.25. The van der Waals surface area contributed by atoms with E-state index in [1.165, 1.54) is 17.4 Å². The van der Waals surface area contributed by atoms with Crippen molar-refractivity contribution in [3.63, 3.8) is 0 Å². The van der Waals surface area contributed by atoms with Gasteiger partial charge < -0.3 is 19.9 Å². The molecule has 1 aliphatic rings. The highest BCUT2D eigenvalue weighted by Gasteiger charge is 2.20. The van der Waals surface area contributed by atoms with Crippen LogP contribution in [0.3, 0.4) is 0 Å². The minimum Gasteiger partial charge on any atom is -0.497 e. The van der Waals surface area contributed by atoms with Crippen molar-refractivity contribution in [2.75, 3.05) is 48.8 Å². The van der Waals surface area contributed by atoms with Gasteiger partial charge in [0.25, 0.3) is 0 Å². The first-order chi connectivity index (χ1) is 16.5. The largest absolute Gasteiger partial charge is 0.497 e. The Morgan fingerprint density at radius 3 is 2.41 bits per heavy atom. The SMILES string of the molecule is COc1ccc(N2CCN(c3cc(Cl)nc(SCC(=O)NC(C)c4ccccc4)n3)CC2)cc1. The number of carbonyl (C=O) groups excluding carboxylic acids is 1. The molecule has 0 spiro atoms. The molecular weight excluding hydrogens is 470 g/mol. The molecule has 1 atom stereocenters. The van der Waals surface area contributed by atoms with E-state index in [9.17, 15) is 4.79 Å². The highest BCUT2D eigenvalue weighted by atomic mass is 35.5. The molecule has 4 rings (SSSR count). The number of methoxy groups -OCH3 is 1. The van der Waals surface area contributed by atoms with Gasteiger partial charge in [0.15, 0.2) is 5.16 Å². The zero-order chi connectivity index (χ0) is 23.9. The summed E-state index contributed by atoms with van der Waals surface area (Å²) in [6.07, 6.45) is 0. The predicted octanol–water partition coefficient (Wildman–Crippen LogP) is 4.43. The van der Waals surface area contributed by atoms with Crippen LogP contribution in [0.1, 0.15) is 18.5 Å². The van der Waals surface area contributed by atoms with Gasteiger partial charge in [-0.15, -0.1) is 0 Å². The first kappa shape index (κ1) is 24.2. The molecule has 2 aromatic carbocycles. The van der Waals surface area contributed by atoms with Crippen molar-refractivity contribution in [2.24, 2.45) is 0 Å². The number of piperazine rings is 1. The van der Waals surface area contributed by atoms with Gasteiger partial charge in [0, 0.05) is 37.9 Å². The van der Waals surface area contributed by atoms with Crippen LogP contribution in [0, 0.1) is 0 Å². The number of halogens is 1. The lowest BCUT2D eigenvalue weighted by molar-refractivity contribution is -0.119. The van der Waals surface area contributed by atoms with Crippen molar-refractivity contribution in [1.29, 1.82) is 0 Å². The summed E-state index contributed by atoms with van der Waals surface area (Å²) in [4.78, 5) is 26.0. The molecule has 1 fully saturated rings. The molecule has 1 N–H and O–H groups in total. The molecule has 34 heavy (non-hydrogen) atoms. The quantitative estimate of drug-likeness (QED) is 0.280. The topological polar surface area (TPSA) is 70.6 Å². The molecule has 1 unspecified atom stereocenters. The normalized spacial score (nSPS) is 14.6. The molecule has 1 amide bonds. The Bertz CT molecular complexity index is 1090. The third kappa shape index (κ3) is 6.33. The first-order valence-corrected chi connectivity index (χ1v) is 12.5. The molecule has 0 bridgehead atoms. The molecule has 0 saturated carbocycles. The second kappa shape index (κ2) is 11.4. The van der Waals surface area contributed by atoms with Gasteiger partial charge in [0.2, 0.25) is 5.91 Å². The number of hydrogen-bond donors (Lipinski definition) is 1. The number of hydrogen-bond acceptors (Lipinski definition) is 7. The van der Waals surface area contributed by atoms with E-state index < -0.39 is 0 Å². The van der Waals surface area contributed by atoms with Gasteiger partial charge in [-0.25, -0.2) is 9.97 Å². The monoisotopic (exact) mass is 497 g/mol. The number of amides is 1. The zero-order valence-corrected chi connectivity index (χ0v) is 20.9. The van der Waals surface area contributed by atoms with E-state index in [-0.39, 0.29) is 17.7 Å². The summed E-state index contributed by atoms with van der Waals surface area (Å²) in [6.45, 7) is 5.35. The molecule has 0 radical (unpaired) electrons. The molecule has 0 aliphatic carbocycles. The van der Waals surface area contributed by atoms with Gasteiger partial charge in [0.1, 0.15) is 16.7 Å². The number of rotatable bonds is 8. The summed E-state index contributed by atoms with van der Waals surface area (Å²) >= 11 is 7.58. The molecule has 9 heteroatoms. The number of thioether (sulfide) groups is 1. The molecule has 1 aromatic heterocycles. The number of aromatic nitrogens is 2. The lowest BCUT2D eigenvalue weighted by Gasteiger charge is -2.36. The first-order valence-electron chi connectivity index (χ1n) is 11.2. The van der Waals surface area contributed by atoms with Crippen LogP contribution in [-0.4, -0.2) is 54.9 Å². The second-order valence-electron chi connectivity index (χ2n) is 7.99. The van der Waals surface area contributed by atoms with E-state index in [0.29, 0.717) is 10.3 Å². The smallest absolute Gasteiger partial charge is 0.230 e. The number of nitrogens with zero attached hydrogens (tertiary/aromatic N) is 4. The fourth-order valence-corrected chi connectivity index (χ4v) is 4.73. The standard InChI is InChI=1S/C25H28ClN5O2S/c1-18(19-6-4-3-5-7-19)27-24(32)17-34-25-28-22(26)16-23(29-25)31-14-12-30(13-15-31)20-8-10-21(33-2)11-9-20/h3-11,16,18H,12-15,17H2,1-2H3,(H,27,32). The minimum absolute atomic E-state index is 0.0628. The Morgan fingerprint density at radius 1 is 1.06 bits per heavy atom. The van der Waals surface area contributed by atoms with Gasteiger partial charge in [-0.05, 0) is 36.8 Å². The van der Waals surface area contributed by atoms with Gasteiger partial charge in [-0.1, -0.05) is 53.7 Å². The third-order valence-electron chi connectivity index (χ3n) is 5.71. The van der Waals surface area contributed by atoms with E-state index in [1.54, 1.807) is 13.2 Å². The van der Waals surface area contributed by atoms with Gasteiger partial charge in [0.05, 0.1) is 18.9 Å². The third-order valence-corrected chi connectivity index (χ3v) is 6.75. The molecule has 2 heterocycles. The zero-order valence-electron chi connectivity index (χ0n) is 19.3. The van der Waals surface area contributed by atoms with Gasteiger partial charge in [-0.2, -0.15) is 0 Å². The lowest BCUT2D eigenvalue weighted by Crippen LogP contribution is -2.46. The Balaban J connectivity index is 1.31. The average Bonchev–Trinajstić information content (AvgIpc) is 2.88.